The van der Waals surface area contributed by atoms with Crippen molar-refractivity contribution in [3.63, 3.8) is 0 Å². The minimum absolute atomic E-state index is 0.0692. The topological polar surface area (TPSA) is 65.9 Å². The van der Waals surface area contributed by atoms with Crippen LogP contribution in [-0.2, 0) is 0 Å². The van der Waals surface area contributed by atoms with E-state index in [1.165, 1.54) is 0 Å². The monoisotopic (exact) mass is 343 g/mol. The van der Waals surface area contributed by atoms with Crippen LogP contribution in [0.1, 0.15) is 20.8 Å². The molecule has 1 atom stereocenters. The Morgan fingerprint density at radius 2 is 2.04 bits per heavy atom. The molecule has 3 rings (SSSR count). The summed E-state index contributed by atoms with van der Waals surface area (Å²) in [6.07, 6.45) is 0.955. The predicted molar refractivity (Wildman–Crippen MR) is 98.5 cm³/mol. The van der Waals surface area contributed by atoms with Crippen LogP contribution in [-0.4, -0.2) is 53.9 Å². The van der Waals surface area contributed by atoms with Gasteiger partial charge in [0.1, 0.15) is 5.75 Å². The number of anilines is 1. The van der Waals surface area contributed by atoms with Gasteiger partial charge in [0.15, 0.2) is 0 Å². The van der Waals surface area contributed by atoms with Gasteiger partial charge in [-0.2, -0.15) is 0 Å². The molecule has 1 saturated heterocycles. The van der Waals surface area contributed by atoms with E-state index in [2.05, 4.69) is 30.7 Å². The number of fused-ring (bicyclic) bond motifs is 1. The van der Waals surface area contributed by atoms with Gasteiger partial charge in [-0.15, -0.1) is 0 Å². The Bertz CT molecular complexity index is 785. The summed E-state index contributed by atoms with van der Waals surface area (Å²) in [6, 6.07) is 7.81. The molecule has 0 radical (unpaired) electrons. The number of rotatable bonds is 2. The molecule has 0 aliphatic carbocycles. The quantitative estimate of drug-likeness (QED) is 0.904. The summed E-state index contributed by atoms with van der Waals surface area (Å²) < 4.78 is 5.28. The van der Waals surface area contributed by atoms with E-state index in [1.54, 1.807) is 18.2 Å². The molecule has 1 aliphatic rings. The molecule has 2 heterocycles. The number of carboxylic acid groups (broad SMARTS) is 1. The molecule has 0 spiro atoms. The van der Waals surface area contributed by atoms with Crippen molar-refractivity contribution >= 4 is 22.7 Å². The number of benzene rings is 1. The summed E-state index contributed by atoms with van der Waals surface area (Å²) >= 11 is 0. The summed E-state index contributed by atoms with van der Waals surface area (Å²) in [4.78, 5) is 19.9. The van der Waals surface area contributed by atoms with Gasteiger partial charge < -0.3 is 19.6 Å². The molecule has 1 unspecified atom stereocenters. The fraction of sp³-hybridized carbons (Fsp3) is 0.474. The van der Waals surface area contributed by atoms with E-state index in [-0.39, 0.29) is 11.5 Å². The lowest BCUT2D eigenvalue weighted by Crippen LogP contribution is -2.59. The van der Waals surface area contributed by atoms with Gasteiger partial charge in [0.25, 0.3) is 0 Å². The summed E-state index contributed by atoms with van der Waals surface area (Å²) in [5.74, 6) is 0.778. The lowest BCUT2D eigenvalue weighted by atomic mass is 9.84. The van der Waals surface area contributed by atoms with E-state index in [0.717, 1.165) is 22.3 Å². The molecule has 1 aromatic carbocycles. The van der Waals surface area contributed by atoms with E-state index in [9.17, 15) is 9.90 Å². The maximum atomic E-state index is 11.6. The molecule has 1 aliphatic heterocycles. The van der Waals surface area contributed by atoms with Crippen LogP contribution in [0.4, 0.5) is 10.5 Å². The van der Waals surface area contributed by atoms with Gasteiger partial charge in [0.2, 0.25) is 0 Å². The van der Waals surface area contributed by atoms with Gasteiger partial charge in [-0.25, -0.2) is 4.79 Å². The van der Waals surface area contributed by atoms with Crippen molar-refractivity contribution in [3.05, 3.63) is 30.5 Å². The third-order valence-corrected chi connectivity index (χ3v) is 4.89. The number of hydrogen-bond acceptors (Lipinski definition) is 4. The lowest BCUT2D eigenvalue weighted by molar-refractivity contribution is 0.0749. The highest BCUT2D eigenvalue weighted by molar-refractivity contribution is 5.92. The highest BCUT2D eigenvalue weighted by atomic mass is 16.5. The molecule has 1 N–H and O–H groups in total. The zero-order valence-electron chi connectivity index (χ0n) is 15.2. The Hall–Kier alpha value is -2.50. The van der Waals surface area contributed by atoms with Crippen LogP contribution in [0.15, 0.2) is 30.5 Å². The number of ether oxygens (including phenoxy) is 1. The Kier molecular flexibility index (Phi) is 4.45. The summed E-state index contributed by atoms with van der Waals surface area (Å²) in [7, 11) is 1.64. The predicted octanol–water partition coefficient (Wildman–Crippen LogP) is 3.46. The van der Waals surface area contributed by atoms with Crippen molar-refractivity contribution in [1.82, 2.24) is 9.88 Å². The lowest BCUT2D eigenvalue weighted by Gasteiger charge is -2.46. The molecule has 1 amide bonds. The Morgan fingerprint density at radius 3 is 2.68 bits per heavy atom. The number of aromatic nitrogens is 1. The molecule has 2 aromatic rings. The standard InChI is InChI=1S/C19H25N3O3/c1-19(2,3)17-12-21(9-10-22(17)18(23)24)16-7-8-20-15-11-13(25-4)5-6-14(15)16/h5-8,11,17H,9-10,12H2,1-4H3,(H,23,24). The second-order valence-electron chi connectivity index (χ2n) is 7.52. The Balaban J connectivity index is 1.97. The average Bonchev–Trinajstić information content (AvgIpc) is 2.59. The maximum Gasteiger partial charge on any atom is 0.407 e. The molecule has 0 bridgehead atoms. The fourth-order valence-electron chi connectivity index (χ4n) is 3.49. The second kappa shape index (κ2) is 6.43. The summed E-state index contributed by atoms with van der Waals surface area (Å²) in [5, 5.41) is 10.6. The largest absolute Gasteiger partial charge is 0.497 e. The van der Waals surface area contributed by atoms with Gasteiger partial charge in [0.05, 0.1) is 18.7 Å². The van der Waals surface area contributed by atoms with Gasteiger partial charge >= 0.3 is 6.09 Å². The number of amides is 1. The van der Waals surface area contributed by atoms with E-state index in [4.69, 9.17) is 4.74 Å². The number of methoxy groups -OCH3 is 1. The minimum atomic E-state index is -0.844. The molecule has 1 aromatic heterocycles. The molecule has 6 nitrogen and oxygen atoms in total. The number of carbonyl (C=O) groups is 1. The number of pyridine rings is 1. The van der Waals surface area contributed by atoms with Crippen molar-refractivity contribution in [3.8, 4) is 5.75 Å². The SMILES string of the molecule is COc1ccc2c(N3CCN(C(=O)O)C(C(C)(C)C)C3)ccnc2c1. The third kappa shape index (κ3) is 3.34. The summed E-state index contributed by atoms with van der Waals surface area (Å²) in [6.45, 7) is 8.11. The third-order valence-electron chi connectivity index (χ3n) is 4.89. The van der Waals surface area contributed by atoms with Crippen LogP contribution >= 0.6 is 0 Å². The Morgan fingerprint density at radius 1 is 1.28 bits per heavy atom. The maximum absolute atomic E-state index is 11.6. The molecule has 25 heavy (non-hydrogen) atoms. The first-order valence-corrected chi connectivity index (χ1v) is 8.48. The van der Waals surface area contributed by atoms with E-state index in [0.29, 0.717) is 19.6 Å². The van der Waals surface area contributed by atoms with Gasteiger partial charge in [-0.05, 0) is 23.6 Å². The minimum Gasteiger partial charge on any atom is -0.497 e. The van der Waals surface area contributed by atoms with E-state index in [1.807, 2.05) is 24.3 Å². The molecule has 134 valence electrons. The van der Waals surface area contributed by atoms with Crippen molar-refractivity contribution in [2.24, 2.45) is 5.41 Å². The van der Waals surface area contributed by atoms with Crippen LogP contribution in [0, 0.1) is 5.41 Å². The molecular weight excluding hydrogens is 318 g/mol. The highest BCUT2D eigenvalue weighted by Crippen LogP contribution is 2.33. The molecular formula is C19H25N3O3. The van der Waals surface area contributed by atoms with Crippen LogP contribution in [0.3, 0.4) is 0 Å². The first kappa shape index (κ1) is 17.3. The van der Waals surface area contributed by atoms with Gasteiger partial charge in [-0.1, -0.05) is 20.8 Å². The van der Waals surface area contributed by atoms with Crippen LogP contribution in [0.25, 0.3) is 10.9 Å². The van der Waals surface area contributed by atoms with Crippen molar-refractivity contribution in [2.45, 2.75) is 26.8 Å². The van der Waals surface area contributed by atoms with E-state index >= 15 is 0 Å². The zero-order chi connectivity index (χ0) is 18.2. The molecule has 6 heteroatoms. The normalized spacial score (nSPS) is 18.5. The Labute approximate surface area is 148 Å². The number of nitrogens with zero attached hydrogens (tertiary/aromatic N) is 3. The first-order chi connectivity index (χ1) is 11.8. The smallest absolute Gasteiger partial charge is 0.407 e. The number of hydrogen-bond donors (Lipinski definition) is 1. The zero-order valence-corrected chi connectivity index (χ0v) is 15.2. The average molecular weight is 343 g/mol. The van der Waals surface area contributed by atoms with Crippen molar-refractivity contribution in [2.75, 3.05) is 31.6 Å². The fourth-order valence-corrected chi connectivity index (χ4v) is 3.49. The molecule has 1 fully saturated rings. The first-order valence-electron chi connectivity index (χ1n) is 8.48. The van der Waals surface area contributed by atoms with Crippen LogP contribution in [0.2, 0.25) is 0 Å². The van der Waals surface area contributed by atoms with Crippen LogP contribution in [0.5, 0.6) is 5.75 Å². The van der Waals surface area contributed by atoms with Crippen molar-refractivity contribution < 1.29 is 14.6 Å². The van der Waals surface area contributed by atoms with Crippen LogP contribution < -0.4 is 9.64 Å². The van der Waals surface area contributed by atoms with Gasteiger partial charge in [-0.3, -0.25) is 4.98 Å². The number of piperazine rings is 1. The van der Waals surface area contributed by atoms with Crippen molar-refractivity contribution in [1.29, 1.82) is 0 Å². The van der Waals surface area contributed by atoms with Gasteiger partial charge in [0, 0.05) is 43.0 Å². The second-order valence-corrected chi connectivity index (χ2v) is 7.52. The summed E-state index contributed by atoms with van der Waals surface area (Å²) in [5.41, 5.74) is 1.83. The molecule has 0 saturated carbocycles. The highest BCUT2D eigenvalue weighted by Gasteiger charge is 2.38. The van der Waals surface area contributed by atoms with E-state index < -0.39 is 6.09 Å².